The molecule has 2 saturated carbocycles. The van der Waals surface area contributed by atoms with Crippen LogP contribution in [-0.2, 0) is 34.0 Å². The van der Waals surface area contributed by atoms with Crippen molar-refractivity contribution in [1.82, 2.24) is 35.1 Å². The van der Waals surface area contributed by atoms with Gasteiger partial charge in [0.1, 0.15) is 45.9 Å². The number of carbonyl (C=O) groups excluding carboxylic acids is 5. The highest BCUT2D eigenvalue weighted by Crippen LogP contribution is 2.46. The topological polar surface area (TPSA) is 206 Å². The van der Waals surface area contributed by atoms with E-state index in [0.717, 1.165) is 16.2 Å². The van der Waals surface area contributed by atoms with E-state index < -0.39 is 93.3 Å². The Hall–Kier alpha value is -5.24. The van der Waals surface area contributed by atoms with Crippen molar-refractivity contribution in [2.75, 3.05) is 26.7 Å². The molecule has 4 fully saturated rings. The molecule has 3 aliphatic heterocycles. The number of fused-ring (bicyclic) bond motifs is 3. The Morgan fingerprint density at radius 3 is 2.59 bits per heavy atom. The number of methoxy groups -OCH3 is 1. The molecule has 5 atom stereocenters. The average molecular weight is 926 g/mol. The predicted molar refractivity (Wildman–Crippen MR) is 232 cm³/mol. The van der Waals surface area contributed by atoms with Gasteiger partial charge < -0.3 is 29.9 Å². The molecule has 5 amide bonds. The summed E-state index contributed by atoms with van der Waals surface area (Å²) in [4.78, 5) is 82.4. The van der Waals surface area contributed by atoms with Gasteiger partial charge in [-0.05, 0) is 63.5 Å². The largest absolute Gasteiger partial charge is 0.496 e. The number of ether oxygens (including phenoxy) is 2. The number of rotatable bonds is 10. The summed E-state index contributed by atoms with van der Waals surface area (Å²) < 4.78 is 69.4. The molecular formula is C44H53F2N7O9S2. The van der Waals surface area contributed by atoms with Gasteiger partial charge in [-0.1, -0.05) is 26.0 Å². The van der Waals surface area contributed by atoms with E-state index in [1.165, 1.54) is 16.2 Å². The number of nitrogens with one attached hydrogen (secondary N) is 3. The molecule has 16 nitrogen and oxygen atoms in total. The van der Waals surface area contributed by atoms with E-state index in [9.17, 15) is 41.2 Å². The molecule has 5 heterocycles. The highest BCUT2D eigenvalue weighted by molar-refractivity contribution is 7.91. The Morgan fingerprint density at radius 2 is 1.89 bits per heavy atom. The number of pyridine rings is 1. The third kappa shape index (κ3) is 9.44. The number of aromatic nitrogens is 2. The van der Waals surface area contributed by atoms with Crippen LogP contribution in [0, 0.1) is 12.8 Å². The number of allylic oxidation sites excluding steroid dienone is 1. The van der Waals surface area contributed by atoms with Crippen LogP contribution in [0.4, 0.5) is 8.78 Å². The van der Waals surface area contributed by atoms with Gasteiger partial charge in [0.2, 0.25) is 33.7 Å². The third-order valence-corrected chi connectivity index (χ3v) is 15.4. The number of hydrogen-bond donors (Lipinski definition) is 3. The third-order valence-electron chi connectivity index (χ3n) is 12.7. The van der Waals surface area contributed by atoms with Gasteiger partial charge in [-0.15, -0.1) is 11.3 Å². The summed E-state index contributed by atoms with van der Waals surface area (Å²) >= 11 is 1.42. The van der Waals surface area contributed by atoms with Crippen molar-refractivity contribution in [3.63, 3.8) is 0 Å². The van der Waals surface area contributed by atoms with Gasteiger partial charge in [0.15, 0.2) is 0 Å². The molecule has 20 heteroatoms. The van der Waals surface area contributed by atoms with E-state index in [0.29, 0.717) is 58.8 Å². The number of alkyl halides is 2. The zero-order chi connectivity index (χ0) is 45.7. The van der Waals surface area contributed by atoms with Gasteiger partial charge in [0.05, 0.1) is 43.1 Å². The van der Waals surface area contributed by atoms with Crippen LogP contribution in [0.25, 0.3) is 21.6 Å². The number of carbonyl (C=O) groups is 5. The van der Waals surface area contributed by atoms with E-state index in [1.807, 2.05) is 26.2 Å². The Labute approximate surface area is 374 Å². The lowest BCUT2D eigenvalue weighted by Gasteiger charge is -2.34. The first-order chi connectivity index (χ1) is 30.4. The number of sulfonamides is 1. The van der Waals surface area contributed by atoms with E-state index in [4.69, 9.17) is 19.4 Å². The summed E-state index contributed by atoms with van der Waals surface area (Å²) in [6.07, 6.45) is 3.05. The zero-order valence-corrected chi connectivity index (χ0v) is 37.8. The first-order valence-electron chi connectivity index (χ1n) is 21.8. The van der Waals surface area contributed by atoms with Gasteiger partial charge in [0.25, 0.3) is 11.8 Å². The Bertz CT molecular complexity index is 2510. The van der Waals surface area contributed by atoms with Crippen molar-refractivity contribution in [3.05, 3.63) is 47.0 Å². The maximum Gasteiger partial charge on any atom is 0.265 e. The smallest absolute Gasteiger partial charge is 0.265 e. The summed E-state index contributed by atoms with van der Waals surface area (Å²) in [5.41, 5.74) is 1.05. The summed E-state index contributed by atoms with van der Waals surface area (Å²) in [6.45, 7) is 4.94. The standard InChI is InChI=1S/C44H53F2N7O9S2/c1-24(2)32-22-63-40(49-32)30-18-35(29-13-14-34(61-4)25(3)38(29)48-30)62-27-17-33-39(56)50-44(42(58)51-64(59,60)28-11-12-28)20-26(44)9-6-5-7-10-36(54)47-31(41(57)53(33)21-27)19-37(55)52-16-8-15-43(45,46)23-52/h6,9,13-14,18,22,24,26-28,31,33H,5,7-8,10-12,15-17,19-21,23H2,1-4H3,(H,47,54)(H,50,56)(H,51,58)/b9-6-/t26-,27-,31+,33+,44-/m1/s1. The van der Waals surface area contributed by atoms with Crippen LogP contribution in [0.15, 0.2) is 35.7 Å². The van der Waals surface area contributed by atoms with Gasteiger partial charge in [-0.2, -0.15) is 0 Å². The number of halogens is 2. The number of amides is 5. The Kier molecular flexibility index (Phi) is 12.5. The van der Waals surface area contributed by atoms with Gasteiger partial charge in [0, 0.05) is 54.1 Å². The molecule has 2 saturated heterocycles. The van der Waals surface area contributed by atoms with Crippen LogP contribution in [-0.4, -0.2) is 119 Å². The molecule has 3 aromatic rings. The second-order valence-corrected chi connectivity index (χ2v) is 20.7. The first-order valence-corrected chi connectivity index (χ1v) is 24.2. The summed E-state index contributed by atoms with van der Waals surface area (Å²) in [5, 5.41) is 7.99. The lowest BCUT2D eigenvalue weighted by atomic mass is 10.0. The molecular weight excluding hydrogens is 873 g/mol. The van der Waals surface area contributed by atoms with E-state index in [-0.39, 0.29) is 51.1 Å². The molecule has 3 N–H and O–H groups in total. The number of piperidine rings is 1. The number of hydrogen-bond acceptors (Lipinski definition) is 12. The zero-order valence-electron chi connectivity index (χ0n) is 36.2. The fourth-order valence-corrected chi connectivity index (χ4v) is 11.1. The van der Waals surface area contributed by atoms with Crippen LogP contribution >= 0.6 is 11.3 Å². The van der Waals surface area contributed by atoms with Crippen molar-refractivity contribution in [3.8, 4) is 22.2 Å². The van der Waals surface area contributed by atoms with E-state index in [1.54, 1.807) is 37.5 Å². The highest BCUT2D eigenvalue weighted by Gasteiger charge is 2.62. The molecule has 344 valence electrons. The number of nitrogens with zero attached hydrogens (tertiary/aromatic N) is 4. The summed E-state index contributed by atoms with van der Waals surface area (Å²) in [6, 6.07) is 2.43. The van der Waals surface area contributed by atoms with Gasteiger partial charge in [-0.25, -0.2) is 27.2 Å². The number of benzene rings is 1. The fraction of sp³-hybridized carbons (Fsp3) is 0.568. The monoisotopic (exact) mass is 925 g/mol. The average Bonchev–Trinajstić information content (AvgIpc) is 4.12. The predicted octanol–water partition coefficient (Wildman–Crippen LogP) is 4.50. The van der Waals surface area contributed by atoms with Crippen LogP contribution in [0.5, 0.6) is 11.5 Å². The highest BCUT2D eigenvalue weighted by atomic mass is 32.2. The molecule has 2 aliphatic carbocycles. The molecule has 0 unspecified atom stereocenters. The maximum absolute atomic E-state index is 14.9. The minimum absolute atomic E-state index is 0.0498. The minimum atomic E-state index is -4.00. The molecule has 8 rings (SSSR count). The lowest BCUT2D eigenvalue weighted by molar-refractivity contribution is -0.147. The number of thiazole rings is 1. The molecule has 5 aliphatic rings. The molecule has 0 spiro atoms. The minimum Gasteiger partial charge on any atom is -0.496 e. The van der Waals surface area contributed by atoms with Crippen molar-refractivity contribution < 1.29 is 50.6 Å². The molecule has 0 radical (unpaired) electrons. The summed E-state index contributed by atoms with van der Waals surface area (Å²) in [5.74, 6) is -6.38. The first kappa shape index (κ1) is 45.3. The second-order valence-electron chi connectivity index (χ2n) is 17.9. The van der Waals surface area contributed by atoms with Crippen molar-refractivity contribution in [1.29, 1.82) is 0 Å². The van der Waals surface area contributed by atoms with Crippen LogP contribution in [0.2, 0.25) is 0 Å². The van der Waals surface area contributed by atoms with E-state index >= 15 is 0 Å². The van der Waals surface area contributed by atoms with Gasteiger partial charge >= 0.3 is 0 Å². The molecule has 64 heavy (non-hydrogen) atoms. The SMILES string of the molecule is COc1ccc2c(O[C@@H]3C[C@H]4C(=O)N[C@]5(C(=O)NS(=O)(=O)C6CC6)C[C@H]5/C=C\CCCC(=O)N[C@@H](CC(=O)N5CCCC(F)(F)C5)C(=O)N4C3)cc(-c3nc(C(C)C)cs3)nc2c1C. The Morgan fingerprint density at radius 1 is 1.11 bits per heavy atom. The lowest BCUT2D eigenvalue weighted by Crippen LogP contribution is -2.59. The van der Waals surface area contributed by atoms with Crippen molar-refractivity contribution in [2.45, 2.75) is 126 Å². The summed E-state index contributed by atoms with van der Waals surface area (Å²) in [7, 11) is -2.45. The van der Waals surface area contributed by atoms with Crippen molar-refractivity contribution >= 4 is 61.8 Å². The number of aryl methyl sites for hydroxylation is 1. The van der Waals surface area contributed by atoms with Crippen LogP contribution in [0.3, 0.4) is 0 Å². The van der Waals surface area contributed by atoms with E-state index in [2.05, 4.69) is 15.4 Å². The molecule has 0 bridgehead atoms. The quantitative estimate of drug-likeness (QED) is 0.242. The number of likely N-dealkylation sites (tertiary alicyclic amines) is 1. The Balaban J connectivity index is 1.15. The normalized spacial score (nSPS) is 26.8. The second kappa shape index (κ2) is 17.6. The fourth-order valence-electron chi connectivity index (χ4n) is 8.79. The van der Waals surface area contributed by atoms with Crippen molar-refractivity contribution in [2.24, 2.45) is 5.92 Å². The van der Waals surface area contributed by atoms with Crippen LogP contribution in [0.1, 0.15) is 95.2 Å². The molecule has 1 aromatic carbocycles. The van der Waals surface area contributed by atoms with Gasteiger partial charge in [-0.3, -0.25) is 28.7 Å². The maximum atomic E-state index is 14.9. The van der Waals surface area contributed by atoms with Crippen LogP contribution < -0.4 is 24.8 Å². The molecule has 2 aromatic heterocycles.